The van der Waals surface area contributed by atoms with Gasteiger partial charge in [-0.1, -0.05) is 335 Å². The first kappa shape index (κ1) is 97.5. The second-order valence-electron chi connectivity index (χ2n) is 28.4. The Kier molecular flexibility index (Phi) is 73.0. The predicted molar refractivity (Wildman–Crippen MR) is 409 cm³/mol. The highest BCUT2D eigenvalue weighted by atomic mass is 31.2. The maximum Gasteiger partial charge on any atom is 0.472 e. The van der Waals surface area contributed by atoms with Crippen molar-refractivity contribution in [3.63, 3.8) is 0 Å². The molecular formula is C81H154O17P2. The second-order valence-corrected chi connectivity index (χ2v) is 31.3. The molecule has 17 nitrogen and oxygen atoms in total. The fourth-order valence-electron chi connectivity index (χ4n) is 12.0. The average molecular weight is 1460 g/mol. The molecule has 0 aromatic carbocycles. The number of allylic oxidation sites excluding steroid dienone is 4. The van der Waals surface area contributed by atoms with E-state index in [1.165, 1.54) is 212 Å². The third kappa shape index (κ3) is 73.8. The molecule has 0 aromatic rings. The zero-order chi connectivity index (χ0) is 73.2. The quantitative estimate of drug-likeness (QED) is 0.0169. The van der Waals surface area contributed by atoms with Gasteiger partial charge in [0.25, 0.3) is 0 Å². The van der Waals surface area contributed by atoms with E-state index in [9.17, 15) is 43.2 Å². The lowest BCUT2D eigenvalue weighted by Gasteiger charge is -2.21. The first-order chi connectivity index (χ1) is 48.7. The standard InChI is InChI=1S/C81H154O17P2/c1-5-9-13-17-21-25-29-33-37-41-45-49-53-57-61-65-78(83)91-71-76(97-80(85)67-63-59-55-51-47-43-39-35-31-27-23-19-15-11-7-3)73-95-99(87,88)93-69-75(82)70-94-100(89,90)96-74-77(98-81(86)68-64-60-56-52-48-44-40-36-32-28-24-20-16-12-8-4)72-92-79(84)66-62-58-54-50-46-42-38-34-30-26-22-18-14-10-6-2/h33,35,37,39,75-77,82H,5-32,34,36,38,40-74H2,1-4H3,(H,87,88)(H,89,90)/b37-33-,39-35-/t75-,76+,77+/m0/s1. The molecule has 0 amide bonds. The molecule has 0 aliphatic carbocycles. The Morgan fingerprint density at radius 3 is 0.690 bits per heavy atom. The third-order valence-corrected chi connectivity index (χ3v) is 20.3. The molecular weight excluding hydrogens is 1310 g/mol. The zero-order valence-electron chi connectivity index (χ0n) is 64.7. The van der Waals surface area contributed by atoms with Crippen LogP contribution in [0.2, 0.25) is 0 Å². The maximum absolute atomic E-state index is 13.1. The van der Waals surface area contributed by atoms with Gasteiger partial charge in [0, 0.05) is 25.7 Å². The van der Waals surface area contributed by atoms with E-state index in [1.807, 2.05) is 0 Å². The van der Waals surface area contributed by atoms with Gasteiger partial charge < -0.3 is 33.8 Å². The number of ether oxygens (including phenoxy) is 4. The highest BCUT2D eigenvalue weighted by Crippen LogP contribution is 2.45. The third-order valence-electron chi connectivity index (χ3n) is 18.4. The molecule has 0 saturated heterocycles. The Morgan fingerprint density at radius 1 is 0.270 bits per heavy atom. The number of aliphatic hydroxyl groups excluding tert-OH is 1. The number of hydrogen-bond donors (Lipinski definition) is 3. The summed E-state index contributed by atoms with van der Waals surface area (Å²) in [6.45, 7) is 4.97. The lowest BCUT2D eigenvalue weighted by Crippen LogP contribution is -2.30. The molecule has 0 fully saturated rings. The molecule has 0 aromatic heterocycles. The summed E-state index contributed by atoms with van der Waals surface area (Å²) in [7, 11) is -9.93. The molecule has 19 heteroatoms. The predicted octanol–water partition coefficient (Wildman–Crippen LogP) is 24.1. The van der Waals surface area contributed by atoms with Gasteiger partial charge in [-0.25, -0.2) is 9.13 Å². The van der Waals surface area contributed by atoms with Crippen molar-refractivity contribution in [3.8, 4) is 0 Å². The van der Waals surface area contributed by atoms with Crippen molar-refractivity contribution < 1.29 is 80.2 Å². The van der Waals surface area contributed by atoms with Crippen LogP contribution in [-0.2, 0) is 65.4 Å². The van der Waals surface area contributed by atoms with E-state index in [0.29, 0.717) is 25.7 Å². The molecule has 0 aliphatic heterocycles. The summed E-state index contributed by atoms with van der Waals surface area (Å²) in [4.78, 5) is 73.1. The Labute approximate surface area is 612 Å². The van der Waals surface area contributed by atoms with Crippen LogP contribution in [0.1, 0.15) is 413 Å². The number of aliphatic hydroxyl groups is 1. The van der Waals surface area contributed by atoms with Gasteiger partial charge in [-0.05, 0) is 77.0 Å². The van der Waals surface area contributed by atoms with Crippen molar-refractivity contribution in [2.45, 2.75) is 431 Å². The minimum absolute atomic E-state index is 0.0912. The van der Waals surface area contributed by atoms with Crippen LogP contribution in [0.3, 0.4) is 0 Å². The number of carbonyl (C=O) groups excluding carboxylic acids is 4. The number of carbonyl (C=O) groups is 4. The summed E-state index contributed by atoms with van der Waals surface area (Å²) in [6.07, 6.45) is 70.0. The summed E-state index contributed by atoms with van der Waals surface area (Å²) >= 11 is 0. The number of hydrogen-bond acceptors (Lipinski definition) is 15. The van der Waals surface area contributed by atoms with E-state index in [1.54, 1.807) is 0 Å². The topological polar surface area (TPSA) is 237 Å². The SMILES string of the molecule is CCCCCCCC/C=C\CCCCCCCC(=O)OC[C@H](COP(=O)(O)OC[C@H](O)COP(=O)(O)OC[C@@H](COC(=O)CCCCCCCCCCCCCCCCC)OC(=O)CCCCCCCCCCCCCCCCC)OC(=O)CCCCCCC/C=C\CCCCCCCC. The van der Waals surface area contributed by atoms with Crippen LogP contribution in [0, 0.1) is 0 Å². The molecule has 0 saturated carbocycles. The summed E-state index contributed by atoms with van der Waals surface area (Å²) in [5, 5.41) is 10.6. The van der Waals surface area contributed by atoms with Crippen LogP contribution < -0.4 is 0 Å². The Balaban J connectivity index is 5.31. The smallest absolute Gasteiger partial charge is 0.462 e. The summed E-state index contributed by atoms with van der Waals surface area (Å²) in [5.41, 5.74) is 0. The fourth-order valence-corrected chi connectivity index (χ4v) is 13.6. The molecule has 0 aliphatic rings. The lowest BCUT2D eigenvalue weighted by molar-refractivity contribution is -0.161. The van der Waals surface area contributed by atoms with E-state index < -0.39 is 97.5 Å². The van der Waals surface area contributed by atoms with E-state index in [-0.39, 0.29) is 25.7 Å². The van der Waals surface area contributed by atoms with Crippen molar-refractivity contribution in [1.82, 2.24) is 0 Å². The molecule has 5 atom stereocenters. The Bertz CT molecular complexity index is 1990. The van der Waals surface area contributed by atoms with Gasteiger partial charge in [-0.15, -0.1) is 0 Å². The van der Waals surface area contributed by atoms with Crippen molar-refractivity contribution in [2.75, 3.05) is 39.6 Å². The van der Waals surface area contributed by atoms with Gasteiger partial charge in [0.1, 0.15) is 19.3 Å². The average Bonchev–Trinajstić information content (AvgIpc) is 1.01. The molecule has 0 heterocycles. The van der Waals surface area contributed by atoms with Crippen LogP contribution >= 0.6 is 15.6 Å². The van der Waals surface area contributed by atoms with Gasteiger partial charge in [0.2, 0.25) is 0 Å². The molecule has 0 spiro atoms. The van der Waals surface area contributed by atoms with Crippen molar-refractivity contribution in [3.05, 3.63) is 24.3 Å². The molecule has 2 unspecified atom stereocenters. The number of rotatable bonds is 80. The van der Waals surface area contributed by atoms with Crippen molar-refractivity contribution in [1.29, 1.82) is 0 Å². The summed E-state index contributed by atoms with van der Waals surface area (Å²) in [6, 6.07) is 0. The van der Waals surface area contributed by atoms with E-state index >= 15 is 0 Å². The molecule has 0 rings (SSSR count). The highest BCUT2D eigenvalue weighted by molar-refractivity contribution is 7.47. The first-order valence-electron chi connectivity index (χ1n) is 41.6. The van der Waals surface area contributed by atoms with Gasteiger partial charge in [0.05, 0.1) is 26.4 Å². The van der Waals surface area contributed by atoms with Crippen LogP contribution in [-0.4, -0.2) is 96.7 Å². The van der Waals surface area contributed by atoms with Crippen molar-refractivity contribution >= 4 is 39.5 Å². The van der Waals surface area contributed by atoms with Gasteiger partial charge in [0.15, 0.2) is 12.2 Å². The number of unbranched alkanes of at least 4 members (excludes halogenated alkanes) is 50. The summed E-state index contributed by atoms with van der Waals surface area (Å²) in [5.74, 6) is -2.14. The second kappa shape index (κ2) is 74.8. The number of esters is 4. The van der Waals surface area contributed by atoms with E-state index in [2.05, 4.69) is 52.0 Å². The molecule has 0 bridgehead atoms. The van der Waals surface area contributed by atoms with E-state index in [4.69, 9.17) is 37.0 Å². The Morgan fingerprint density at radius 2 is 0.460 bits per heavy atom. The maximum atomic E-state index is 13.1. The van der Waals surface area contributed by atoms with Gasteiger partial charge >= 0.3 is 39.5 Å². The number of phosphoric acid groups is 2. The number of phosphoric ester groups is 2. The largest absolute Gasteiger partial charge is 0.472 e. The fraction of sp³-hybridized carbons (Fsp3) is 0.901. The van der Waals surface area contributed by atoms with Gasteiger partial charge in [-0.3, -0.25) is 37.3 Å². The molecule has 3 N–H and O–H groups in total. The zero-order valence-corrected chi connectivity index (χ0v) is 66.5. The van der Waals surface area contributed by atoms with Gasteiger partial charge in [-0.2, -0.15) is 0 Å². The molecule has 100 heavy (non-hydrogen) atoms. The Hall–Kier alpha value is -2.46. The molecule has 590 valence electrons. The minimum Gasteiger partial charge on any atom is -0.462 e. The normalized spacial score (nSPS) is 13.9. The monoisotopic (exact) mass is 1460 g/mol. The van der Waals surface area contributed by atoms with Crippen LogP contribution in [0.15, 0.2) is 24.3 Å². The van der Waals surface area contributed by atoms with Crippen LogP contribution in [0.25, 0.3) is 0 Å². The lowest BCUT2D eigenvalue weighted by atomic mass is 10.0. The highest BCUT2D eigenvalue weighted by Gasteiger charge is 2.30. The van der Waals surface area contributed by atoms with E-state index in [0.717, 1.165) is 122 Å². The van der Waals surface area contributed by atoms with Crippen LogP contribution in [0.5, 0.6) is 0 Å². The minimum atomic E-state index is -4.97. The first-order valence-corrected chi connectivity index (χ1v) is 44.6. The molecule has 0 radical (unpaired) electrons. The van der Waals surface area contributed by atoms with Crippen LogP contribution in [0.4, 0.5) is 0 Å². The summed E-state index contributed by atoms with van der Waals surface area (Å²) < 4.78 is 68.7. The van der Waals surface area contributed by atoms with Crippen molar-refractivity contribution in [2.24, 2.45) is 0 Å².